The van der Waals surface area contributed by atoms with E-state index in [0.717, 1.165) is 5.56 Å². The van der Waals surface area contributed by atoms with Gasteiger partial charge in [-0.05, 0) is 46.9 Å². The van der Waals surface area contributed by atoms with Gasteiger partial charge in [0.1, 0.15) is 0 Å². The third-order valence-electron chi connectivity index (χ3n) is 2.60. The van der Waals surface area contributed by atoms with Crippen molar-refractivity contribution in [2.24, 2.45) is 0 Å². The van der Waals surface area contributed by atoms with E-state index >= 15 is 0 Å². The molecule has 1 N–H and O–H groups in total. The largest absolute Gasteiger partial charge is 0.389 e. The van der Waals surface area contributed by atoms with Crippen molar-refractivity contribution < 1.29 is 18.1 Å². The third-order valence-corrected chi connectivity index (χ3v) is 3.27. The Kier molecular flexibility index (Phi) is 6.41. The lowest BCUT2D eigenvalue weighted by atomic mass is 10.2. The fourth-order valence-corrected chi connectivity index (χ4v) is 2.01. The van der Waals surface area contributed by atoms with Gasteiger partial charge in [0.25, 0.3) is 5.69 Å². The second kappa shape index (κ2) is 7.58. The van der Waals surface area contributed by atoms with Crippen LogP contribution in [0.25, 0.3) is 0 Å². The van der Waals surface area contributed by atoms with Crippen molar-refractivity contribution in [1.82, 2.24) is 5.32 Å². The molecule has 1 aromatic carbocycles. The van der Waals surface area contributed by atoms with Crippen LogP contribution in [0.1, 0.15) is 24.8 Å². The van der Waals surface area contributed by atoms with Crippen molar-refractivity contribution in [3.05, 3.63) is 38.3 Å². The van der Waals surface area contributed by atoms with E-state index in [0.29, 0.717) is 24.0 Å². The van der Waals surface area contributed by atoms with Gasteiger partial charge < -0.3 is 5.32 Å². The number of hydrogen-bond donors (Lipinski definition) is 1. The molecule has 0 fully saturated rings. The quantitative estimate of drug-likeness (QED) is 0.454. The minimum Gasteiger partial charge on any atom is -0.313 e. The highest BCUT2D eigenvalue weighted by Gasteiger charge is 2.25. The number of benzene rings is 1. The summed E-state index contributed by atoms with van der Waals surface area (Å²) in [5.41, 5.74) is 0.692. The molecular formula is C12H14BrF3N2O2. The molecule has 0 aromatic heterocycles. The summed E-state index contributed by atoms with van der Waals surface area (Å²) in [6.45, 7) is 0.833. The number of nitrogens with one attached hydrogen (secondary N) is 1. The van der Waals surface area contributed by atoms with Gasteiger partial charge in [-0.3, -0.25) is 10.1 Å². The molecule has 1 aromatic rings. The van der Waals surface area contributed by atoms with Crippen molar-refractivity contribution in [2.75, 3.05) is 6.54 Å². The van der Waals surface area contributed by atoms with E-state index in [1.807, 2.05) is 0 Å². The monoisotopic (exact) mass is 354 g/mol. The maximum atomic E-state index is 11.9. The van der Waals surface area contributed by atoms with E-state index < -0.39 is 17.5 Å². The Balaban J connectivity index is 2.32. The molecule has 0 unspecified atom stereocenters. The molecule has 0 radical (unpaired) electrons. The second-order valence-electron chi connectivity index (χ2n) is 4.29. The summed E-state index contributed by atoms with van der Waals surface area (Å²) in [7, 11) is 0. The third kappa shape index (κ3) is 6.33. The first-order chi connectivity index (χ1) is 9.29. The van der Waals surface area contributed by atoms with Gasteiger partial charge in [-0.25, -0.2) is 0 Å². The van der Waals surface area contributed by atoms with Crippen LogP contribution in [0, 0.1) is 10.1 Å². The van der Waals surface area contributed by atoms with E-state index in [1.54, 1.807) is 12.1 Å². The molecule has 4 nitrogen and oxygen atoms in total. The van der Waals surface area contributed by atoms with Crippen molar-refractivity contribution in [1.29, 1.82) is 0 Å². The van der Waals surface area contributed by atoms with Crippen LogP contribution < -0.4 is 5.32 Å². The number of nitro benzene ring substituents is 1. The van der Waals surface area contributed by atoms with E-state index in [4.69, 9.17) is 0 Å². The minimum atomic E-state index is -4.10. The fourth-order valence-electron chi connectivity index (χ4n) is 1.62. The molecule has 0 aliphatic rings. The Bertz CT molecular complexity index is 467. The summed E-state index contributed by atoms with van der Waals surface area (Å²) in [6, 6.07) is 4.74. The van der Waals surface area contributed by atoms with E-state index in [2.05, 4.69) is 21.2 Å². The SMILES string of the molecule is O=[N+]([O-])c1cc(CNCCCCC(F)(F)F)ccc1Br. The summed E-state index contributed by atoms with van der Waals surface area (Å²) in [4.78, 5) is 10.2. The number of halogens is 4. The summed E-state index contributed by atoms with van der Waals surface area (Å²) < 4.78 is 36.1. The highest BCUT2D eigenvalue weighted by atomic mass is 79.9. The van der Waals surface area contributed by atoms with Crippen LogP contribution in [-0.2, 0) is 6.54 Å². The molecule has 0 aliphatic heterocycles. The molecule has 0 atom stereocenters. The average molecular weight is 355 g/mol. The number of rotatable bonds is 7. The Morgan fingerprint density at radius 3 is 2.60 bits per heavy atom. The first kappa shape index (κ1) is 16.9. The Morgan fingerprint density at radius 2 is 2.00 bits per heavy atom. The lowest BCUT2D eigenvalue weighted by Crippen LogP contribution is -2.16. The van der Waals surface area contributed by atoms with Crippen LogP contribution in [0.15, 0.2) is 22.7 Å². The molecule has 112 valence electrons. The van der Waals surface area contributed by atoms with Crippen molar-refractivity contribution in [3.8, 4) is 0 Å². The van der Waals surface area contributed by atoms with Crippen LogP contribution in [0.4, 0.5) is 18.9 Å². The normalized spacial score (nSPS) is 11.6. The molecule has 0 saturated carbocycles. The topological polar surface area (TPSA) is 55.2 Å². The predicted octanol–water partition coefficient (Wildman–Crippen LogP) is 4.18. The second-order valence-corrected chi connectivity index (χ2v) is 5.15. The highest BCUT2D eigenvalue weighted by molar-refractivity contribution is 9.10. The van der Waals surface area contributed by atoms with Crippen LogP contribution in [0.3, 0.4) is 0 Å². The number of nitrogens with zero attached hydrogens (tertiary/aromatic N) is 1. The van der Waals surface area contributed by atoms with Crippen molar-refractivity contribution in [2.45, 2.75) is 32.0 Å². The maximum absolute atomic E-state index is 11.9. The lowest BCUT2D eigenvalue weighted by molar-refractivity contribution is -0.385. The van der Waals surface area contributed by atoms with Gasteiger partial charge >= 0.3 is 6.18 Å². The number of unbranched alkanes of at least 4 members (excludes halogenated alkanes) is 1. The summed E-state index contributed by atoms with van der Waals surface area (Å²) >= 11 is 3.08. The average Bonchev–Trinajstić information content (AvgIpc) is 2.33. The first-order valence-corrected chi connectivity index (χ1v) is 6.79. The van der Waals surface area contributed by atoms with E-state index in [1.165, 1.54) is 6.07 Å². The summed E-state index contributed by atoms with van der Waals surface area (Å²) in [5.74, 6) is 0. The van der Waals surface area contributed by atoms with E-state index in [9.17, 15) is 23.3 Å². The van der Waals surface area contributed by atoms with Gasteiger partial charge in [0, 0.05) is 19.0 Å². The van der Waals surface area contributed by atoms with Crippen LogP contribution in [0.5, 0.6) is 0 Å². The molecule has 0 heterocycles. The summed E-state index contributed by atoms with van der Waals surface area (Å²) in [5, 5.41) is 13.7. The van der Waals surface area contributed by atoms with Crippen molar-refractivity contribution >= 4 is 21.6 Å². The van der Waals surface area contributed by atoms with Gasteiger partial charge in [-0.15, -0.1) is 0 Å². The van der Waals surface area contributed by atoms with Gasteiger partial charge in [0.05, 0.1) is 9.40 Å². The Morgan fingerprint density at radius 1 is 1.30 bits per heavy atom. The molecule has 0 aliphatic carbocycles. The highest BCUT2D eigenvalue weighted by Crippen LogP contribution is 2.25. The van der Waals surface area contributed by atoms with E-state index in [-0.39, 0.29) is 12.1 Å². The molecular weight excluding hydrogens is 341 g/mol. The van der Waals surface area contributed by atoms with Crippen LogP contribution >= 0.6 is 15.9 Å². The molecule has 0 spiro atoms. The number of alkyl halides is 3. The lowest BCUT2D eigenvalue weighted by Gasteiger charge is -2.07. The van der Waals surface area contributed by atoms with Gasteiger partial charge in [0.2, 0.25) is 0 Å². The molecule has 0 amide bonds. The fraction of sp³-hybridized carbons (Fsp3) is 0.500. The number of nitro groups is 1. The Labute approximate surface area is 122 Å². The van der Waals surface area contributed by atoms with Gasteiger partial charge in [0.15, 0.2) is 0 Å². The summed E-state index contributed by atoms with van der Waals surface area (Å²) in [6.07, 6.45) is -4.39. The predicted molar refractivity (Wildman–Crippen MR) is 72.4 cm³/mol. The molecule has 0 saturated heterocycles. The zero-order valence-corrected chi connectivity index (χ0v) is 12.1. The van der Waals surface area contributed by atoms with Crippen LogP contribution in [0.2, 0.25) is 0 Å². The first-order valence-electron chi connectivity index (χ1n) is 6.00. The smallest absolute Gasteiger partial charge is 0.313 e. The standard InChI is InChI=1S/C12H14BrF3N2O2/c13-10-4-3-9(7-11(10)18(19)20)8-17-6-2-1-5-12(14,15)16/h3-4,7,17H,1-2,5-6,8H2. The van der Waals surface area contributed by atoms with Gasteiger partial charge in [-0.2, -0.15) is 13.2 Å². The zero-order chi connectivity index (χ0) is 15.2. The Hall–Kier alpha value is -1.15. The molecule has 1 rings (SSSR count). The minimum absolute atomic E-state index is 0.0265. The molecule has 0 bridgehead atoms. The molecule has 20 heavy (non-hydrogen) atoms. The number of hydrogen-bond acceptors (Lipinski definition) is 3. The molecule has 8 heteroatoms. The zero-order valence-electron chi connectivity index (χ0n) is 10.5. The van der Waals surface area contributed by atoms with Crippen LogP contribution in [-0.4, -0.2) is 17.6 Å². The maximum Gasteiger partial charge on any atom is 0.389 e. The van der Waals surface area contributed by atoms with Crippen molar-refractivity contribution in [3.63, 3.8) is 0 Å². The van der Waals surface area contributed by atoms with Gasteiger partial charge in [-0.1, -0.05) is 6.07 Å².